The third-order valence-electron chi connectivity index (χ3n) is 3.24. The molecular formula is C17H19NO. The largest absolute Gasteiger partial charge is 0.299 e. The van der Waals surface area contributed by atoms with Crippen LogP contribution in [0.3, 0.4) is 0 Å². The van der Waals surface area contributed by atoms with Gasteiger partial charge in [-0.2, -0.15) is 0 Å². The first kappa shape index (κ1) is 13.5. The molecule has 2 rings (SSSR count). The van der Waals surface area contributed by atoms with Crippen molar-refractivity contribution in [2.24, 2.45) is 5.92 Å². The zero-order valence-electron chi connectivity index (χ0n) is 11.5. The molecule has 2 heteroatoms. The van der Waals surface area contributed by atoms with Gasteiger partial charge in [-0.15, -0.1) is 0 Å². The molecule has 1 aromatic carbocycles. The summed E-state index contributed by atoms with van der Waals surface area (Å²) in [6.45, 7) is 3.90. The molecule has 0 aliphatic heterocycles. The molecule has 1 aromatic heterocycles. The van der Waals surface area contributed by atoms with Gasteiger partial charge in [0, 0.05) is 24.1 Å². The van der Waals surface area contributed by atoms with Crippen LogP contribution in [0.1, 0.15) is 25.8 Å². The highest BCUT2D eigenvalue weighted by Gasteiger charge is 2.10. The third kappa shape index (κ3) is 3.50. The zero-order chi connectivity index (χ0) is 13.7. The molecule has 0 amide bonds. The molecule has 1 heterocycles. The lowest BCUT2D eigenvalue weighted by molar-refractivity contribution is -0.121. The summed E-state index contributed by atoms with van der Waals surface area (Å²) in [7, 11) is 0. The molecule has 19 heavy (non-hydrogen) atoms. The number of hydrogen-bond acceptors (Lipinski definition) is 2. The van der Waals surface area contributed by atoms with E-state index in [2.05, 4.69) is 17.1 Å². The molecule has 2 nitrogen and oxygen atoms in total. The van der Waals surface area contributed by atoms with Crippen LogP contribution in [0.2, 0.25) is 0 Å². The quantitative estimate of drug-likeness (QED) is 0.808. The highest BCUT2D eigenvalue weighted by molar-refractivity contribution is 5.80. The maximum Gasteiger partial charge on any atom is 0.135 e. The molecule has 2 aromatic rings. The van der Waals surface area contributed by atoms with Crippen LogP contribution < -0.4 is 0 Å². The lowest BCUT2D eigenvalue weighted by Gasteiger charge is -2.09. The Morgan fingerprint density at radius 1 is 1.11 bits per heavy atom. The standard InChI is InChI=1S/C17H19NO/c1-13(2)17(19)11-10-14-7-3-4-8-15(14)16-9-5-6-12-18-16/h3-9,12-13H,10-11H2,1-2H3. The van der Waals surface area contributed by atoms with Crippen molar-refractivity contribution in [3.63, 3.8) is 0 Å². The van der Waals surface area contributed by atoms with Crippen LogP contribution in [0.4, 0.5) is 0 Å². The van der Waals surface area contributed by atoms with E-state index in [1.54, 1.807) is 6.20 Å². The average molecular weight is 253 g/mol. The van der Waals surface area contributed by atoms with E-state index in [0.29, 0.717) is 12.2 Å². The van der Waals surface area contributed by atoms with E-state index in [1.807, 2.05) is 44.2 Å². The summed E-state index contributed by atoms with van der Waals surface area (Å²) in [4.78, 5) is 16.1. The second kappa shape index (κ2) is 6.28. The van der Waals surface area contributed by atoms with Crippen molar-refractivity contribution in [1.82, 2.24) is 4.98 Å². The number of ketones is 1. The van der Waals surface area contributed by atoms with Crippen molar-refractivity contribution in [3.8, 4) is 11.3 Å². The fourth-order valence-electron chi connectivity index (χ4n) is 2.06. The van der Waals surface area contributed by atoms with Gasteiger partial charge in [-0.25, -0.2) is 0 Å². The summed E-state index contributed by atoms with van der Waals surface area (Å²) in [6, 6.07) is 14.1. The van der Waals surface area contributed by atoms with Gasteiger partial charge in [-0.05, 0) is 24.1 Å². The van der Waals surface area contributed by atoms with Gasteiger partial charge >= 0.3 is 0 Å². The van der Waals surface area contributed by atoms with E-state index >= 15 is 0 Å². The van der Waals surface area contributed by atoms with Crippen LogP contribution in [-0.2, 0) is 11.2 Å². The van der Waals surface area contributed by atoms with Gasteiger partial charge in [0.15, 0.2) is 0 Å². The van der Waals surface area contributed by atoms with E-state index in [1.165, 1.54) is 5.56 Å². The SMILES string of the molecule is CC(C)C(=O)CCc1ccccc1-c1ccccn1. The predicted octanol–water partition coefficient (Wildman–Crippen LogP) is 3.91. The number of pyridine rings is 1. The summed E-state index contributed by atoms with van der Waals surface area (Å²) in [5, 5.41) is 0. The number of nitrogens with zero attached hydrogens (tertiary/aromatic N) is 1. The van der Waals surface area contributed by atoms with Crippen molar-refractivity contribution >= 4 is 5.78 Å². The van der Waals surface area contributed by atoms with Crippen molar-refractivity contribution in [3.05, 3.63) is 54.2 Å². The lowest BCUT2D eigenvalue weighted by Crippen LogP contribution is -2.08. The Balaban J connectivity index is 2.20. The van der Waals surface area contributed by atoms with Crippen LogP contribution in [0, 0.1) is 5.92 Å². The zero-order valence-corrected chi connectivity index (χ0v) is 11.5. The molecule has 0 saturated carbocycles. The Morgan fingerprint density at radius 3 is 2.53 bits per heavy atom. The monoisotopic (exact) mass is 253 g/mol. The number of aromatic nitrogens is 1. The predicted molar refractivity (Wildman–Crippen MR) is 77.8 cm³/mol. The van der Waals surface area contributed by atoms with Gasteiger partial charge < -0.3 is 0 Å². The Labute approximate surface area is 114 Å². The number of hydrogen-bond donors (Lipinski definition) is 0. The van der Waals surface area contributed by atoms with Crippen molar-refractivity contribution in [1.29, 1.82) is 0 Å². The van der Waals surface area contributed by atoms with E-state index in [0.717, 1.165) is 17.7 Å². The fraction of sp³-hybridized carbons (Fsp3) is 0.294. The maximum atomic E-state index is 11.7. The van der Waals surface area contributed by atoms with Crippen LogP contribution in [0.5, 0.6) is 0 Å². The normalized spacial score (nSPS) is 10.7. The minimum Gasteiger partial charge on any atom is -0.299 e. The Kier molecular flexibility index (Phi) is 4.45. The molecule has 0 saturated heterocycles. The smallest absolute Gasteiger partial charge is 0.135 e. The second-order valence-electron chi connectivity index (χ2n) is 4.99. The minimum absolute atomic E-state index is 0.113. The molecule has 0 aliphatic carbocycles. The number of aryl methyl sites for hydroxylation is 1. The molecule has 0 radical (unpaired) electrons. The van der Waals surface area contributed by atoms with Gasteiger partial charge in [0.2, 0.25) is 0 Å². The van der Waals surface area contributed by atoms with Crippen LogP contribution >= 0.6 is 0 Å². The molecular weight excluding hydrogens is 234 g/mol. The first-order chi connectivity index (χ1) is 9.18. The van der Waals surface area contributed by atoms with Gasteiger partial charge in [-0.1, -0.05) is 44.2 Å². The summed E-state index contributed by atoms with van der Waals surface area (Å²) in [6.07, 6.45) is 3.18. The number of Topliss-reactive ketones (excluding diaryl/α,β-unsaturated/α-hetero) is 1. The second-order valence-corrected chi connectivity index (χ2v) is 4.99. The first-order valence-electron chi connectivity index (χ1n) is 6.70. The molecule has 0 spiro atoms. The van der Waals surface area contributed by atoms with Crippen molar-refractivity contribution in [2.45, 2.75) is 26.7 Å². The minimum atomic E-state index is 0.113. The van der Waals surface area contributed by atoms with Crippen molar-refractivity contribution in [2.75, 3.05) is 0 Å². The first-order valence-corrected chi connectivity index (χ1v) is 6.70. The molecule has 0 aliphatic rings. The van der Waals surface area contributed by atoms with E-state index < -0.39 is 0 Å². The molecule has 0 atom stereocenters. The number of carbonyl (C=O) groups is 1. The number of rotatable bonds is 5. The summed E-state index contributed by atoms with van der Waals surface area (Å²) in [5.74, 6) is 0.429. The third-order valence-corrected chi connectivity index (χ3v) is 3.24. The fourth-order valence-corrected chi connectivity index (χ4v) is 2.06. The van der Waals surface area contributed by atoms with Gasteiger partial charge in [0.05, 0.1) is 5.69 Å². The lowest BCUT2D eigenvalue weighted by atomic mass is 9.96. The maximum absolute atomic E-state index is 11.7. The van der Waals surface area contributed by atoms with Crippen LogP contribution in [0.15, 0.2) is 48.7 Å². The van der Waals surface area contributed by atoms with Gasteiger partial charge in [-0.3, -0.25) is 9.78 Å². The summed E-state index contributed by atoms with van der Waals surface area (Å²) < 4.78 is 0. The van der Waals surface area contributed by atoms with E-state index in [9.17, 15) is 4.79 Å². The average Bonchev–Trinajstić information content (AvgIpc) is 2.46. The van der Waals surface area contributed by atoms with Crippen LogP contribution in [0.25, 0.3) is 11.3 Å². The molecule has 98 valence electrons. The van der Waals surface area contributed by atoms with Crippen LogP contribution in [-0.4, -0.2) is 10.8 Å². The Morgan fingerprint density at radius 2 is 1.84 bits per heavy atom. The van der Waals surface area contributed by atoms with Gasteiger partial charge in [0.1, 0.15) is 5.78 Å². The van der Waals surface area contributed by atoms with Gasteiger partial charge in [0.25, 0.3) is 0 Å². The Bertz CT molecular complexity index is 546. The molecule has 0 bridgehead atoms. The highest BCUT2D eigenvalue weighted by atomic mass is 16.1. The molecule has 0 unspecified atom stereocenters. The van der Waals surface area contributed by atoms with E-state index in [4.69, 9.17) is 0 Å². The van der Waals surface area contributed by atoms with E-state index in [-0.39, 0.29) is 5.92 Å². The molecule has 0 fully saturated rings. The highest BCUT2D eigenvalue weighted by Crippen LogP contribution is 2.22. The number of carbonyl (C=O) groups excluding carboxylic acids is 1. The van der Waals surface area contributed by atoms with Crippen molar-refractivity contribution < 1.29 is 4.79 Å². The Hall–Kier alpha value is -1.96. The topological polar surface area (TPSA) is 30.0 Å². The molecule has 0 N–H and O–H groups in total. The summed E-state index contributed by atoms with van der Waals surface area (Å²) >= 11 is 0. The summed E-state index contributed by atoms with van der Waals surface area (Å²) in [5.41, 5.74) is 3.28. The number of benzene rings is 1.